The van der Waals surface area contributed by atoms with Gasteiger partial charge in [0.2, 0.25) is 0 Å². The molecule has 0 saturated heterocycles. The van der Waals surface area contributed by atoms with E-state index in [1.807, 2.05) is 12.1 Å². The monoisotopic (exact) mass is 396 g/mol. The molecule has 0 radical (unpaired) electrons. The van der Waals surface area contributed by atoms with Crippen LogP contribution in [0.25, 0.3) is 10.9 Å². The minimum Gasteiger partial charge on any atom is -0.493 e. The van der Waals surface area contributed by atoms with E-state index in [9.17, 15) is 10.1 Å². The minimum absolute atomic E-state index is 0.196. The maximum Gasteiger partial charge on any atom is 0.404 e. The number of methoxy groups -OCH3 is 1. The van der Waals surface area contributed by atoms with E-state index in [2.05, 4.69) is 20.9 Å². The van der Waals surface area contributed by atoms with Crippen LogP contribution in [0.4, 0.5) is 4.79 Å². The average molecular weight is 397 g/mol. The molecule has 1 aliphatic carbocycles. The highest BCUT2D eigenvalue weighted by molar-refractivity contribution is 6.32. The molecule has 0 fully saturated rings. The molecule has 7 nitrogen and oxygen atoms in total. The van der Waals surface area contributed by atoms with Crippen molar-refractivity contribution < 1.29 is 14.6 Å². The smallest absolute Gasteiger partial charge is 0.404 e. The lowest BCUT2D eigenvalue weighted by atomic mass is 10.1. The highest BCUT2D eigenvalue weighted by Crippen LogP contribution is 2.36. The molecule has 8 heteroatoms. The van der Waals surface area contributed by atoms with E-state index in [1.165, 1.54) is 0 Å². The lowest BCUT2D eigenvalue weighted by Crippen LogP contribution is -2.34. The lowest BCUT2D eigenvalue weighted by molar-refractivity contribution is 0.190. The second-order valence-corrected chi connectivity index (χ2v) is 7.09. The fourth-order valence-corrected chi connectivity index (χ4v) is 4.20. The van der Waals surface area contributed by atoms with E-state index in [0.717, 1.165) is 22.2 Å². The first-order valence-electron chi connectivity index (χ1n) is 8.72. The molecule has 1 aliphatic rings. The van der Waals surface area contributed by atoms with Crippen molar-refractivity contribution in [1.82, 2.24) is 14.9 Å². The van der Waals surface area contributed by atoms with Gasteiger partial charge in [-0.15, -0.1) is 0 Å². The van der Waals surface area contributed by atoms with Gasteiger partial charge in [0.25, 0.3) is 0 Å². The molecule has 1 unspecified atom stereocenters. The first-order valence-corrected chi connectivity index (χ1v) is 9.10. The van der Waals surface area contributed by atoms with Gasteiger partial charge >= 0.3 is 6.09 Å². The first kappa shape index (κ1) is 18.1. The fraction of sp³-hybridized carbons (Fsp3) is 0.250. The first-order chi connectivity index (χ1) is 13.5. The molecule has 1 aromatic carbocycles. The quantitative estimate of drug-likeness (QED) is 0.704. The summed E-state index contributed by atoms with van der Waals surface area (Å²) in [5, 5.41) is 22.4. The number of carbonyl (C=O) groups is 1. The number of nitrogens with one attached hydrogen (secondary N) is 1. The second-order valence-electron chi connectivity index (χ2n) is 6.68. The number of fused-ring (bicyclic) bond motifs is 3. The fourth-order valence-electron chi connectivity index (χ4n) is 3.96. The highest BCUT2D eigenvalue weighted by atomic mass is 35.5. The molecule has 2 heterocycles. The van der Waals surface area contributed by atoms with Crippen LogP contribution in [-0.4, -0.2) is 33.9 Å². The Morgan fingerprint density at radius 1 is 1.46 bits per heavy atom. The number of hydrogen-bond acceptors (Lipinski definition) is 4. The summed E-state index contributed by atoms with van der Waals surface area (Å²) >= 11 is 6.24. The van der Waals surface area contributed by atoms with Gasteiger partial charge in [-0.25, -0.2) is 4.79 Å². The Labute approximate surface area is 166 Å². The Hall–Kier alpha value is -3.24. The number of benzene rings is 1. The van der Waals surface area contributed by atoms with Crippen molar-refractivity contribution in [3.05, 3.63) is 58.0 Å². The zero-order valence-corrected chi connectivity index (χ0v) is 15.8. The Balaban J connectivity index is 1.84. The molecular weight excluding hydrogens is 380 g/mol. The van der Waals surface area contributed by atoms with Crippen LogP contribution in [-0.2, 0) is 19.4 Å². The molecule has 1 amide bonds. The lowest BCUT2D eigenvalue weighted by Gasteiger charge is -2.15. The third-order valence-corrected chi connectivity index (χ3v) is 5.37. The summed E-state index contributed by atoms with van der Waals surface area (Å²) < 4.78 is 7.53. The van der Waals surface area contributed by atoms with E-state index in [0.29, 0.717) is 41.4 Å². The van der Waals surface area contributed by atoms with Crippen molar-refractivity contribution in [2.24, 2.45) is 0 Å². The molecule has 4 rings (SSSR count). The molecule has 2 aromatic heterocycles. The molecule has 0 spiro atoms. The summed E-state index contributed by atoms with van der Waals surface area (Å²) in [5.74, 6) is 0.520. The molecule has 2 N–H and O–H groups in total. The Morgan fingerprint density at radius 3 is 3.00 bits per heavy atom. The Bertz CT molecular complexity index is 1130. The maximum atomic E-state index is 11.1. The number of halogens is 1. The third kappa shape index (κ3) is 3.02. The van der Waals surface area contributed by atoms with E-state index >= 15 is 0 Å². The molecule has 1 atom stereocenters. The third-order valence-electron chi connectivity index (χ3n) is 5.08. The number of aromatic nitrogens is 2. The molecule has 28 heavy (non-hydrogen) atoms. The van der Waals surface area contributed by atoms with Crippen LogP contribution in [0.5, 0.6) is 5.75 Å². The van der Waals surface area contributed by atoms with Crippen molar-refractivity contribution in [1.29, 1.82) is 5.26 Å². The van der Waals surface area contributed by atoms with E-state index in [1.54, 1.807) is 25.4 Å². The maximum absolute atomic E-state index is 11.1. The largest absolute Gasteiger partial charge is 0.493 e. The van der Waals surface area contributed by atoms with Gasteiger partial charge < -0.3 is 19.7 Å². The van der Waals surface area contributed by atoms with Crippen molar-refractivity contribution >= 4 is 28.6 Å². The van der Waals surface area contributed by atoms with Gasteiger partial charge in [-0.2, -0.15) is 5.26 Å². The Morgan fingerprint density at radius 2 is 2.29 bits per heavy atom. The molecular formula is C20H17ClN4O3. The zero-order chi connectivity index (χ0) is 19.8. The average Bonchev–Trinajstić information content (AvgIpc) is 3.19. The SMILES string of the molecule is COc1c(Cl)ccnc1Cn1c2c(c3cc(C#N)ccc31)CC(NC(=O)O)C2. The van der Waals surface area contributed by atoms with Crippen molar-refractivity contribution in [2.75, 3.05) is 7.11 Å². The molecule has 0 aliphatic heterocycles. The number of pyridine rings is 1. The number of rotatable bonds is 4. The summed E-state index contributed by atoms with van der Waals surface area (Å²) in [7, 11) is 1.55. The number of hydrogen-bond donors (Lipinski definition) is 2. The van der Waals surface area contributed by atoms with Gasteiger partial charge in [-0.3, -0.25) is 4.98 Å². The predicted molar refractivity (Wildman–Crippen MR) is 104 cm³/mol. The molecule has 0 bridgehead atoms. The van der Waals surface area contributed by atoms with Gasteiger partial charge in [-0.1, -0.05) is 11.6 Å². The van der Waals surface area contributed by atoms with Gasteiger partial charge in [0.05, 0.1) is 30.3 Å². The van der Waals surface area contributed by atoms with Gasteiger partial charge in [-0.05, 0) is 36.2 Å². The number of ether oxygens (including phenoxy) is 1. The minimum atomic E-state index is -1.04. The number of nitriles is 1. The van der Waals surface area contributed by atoms with Crippen molar-refractivity contribution in [3.8, 4) is 11.8 Å². The summed E-state index contributed by atoms with van der Waals surface area (Å²) in [6.07, 6.45) is 1.75. The van der Waals surface area contributed by atoms with Crippen LogP contribution >= 0.6 is 11.6 Å². The number of amides is 1. The summed E-state index contributed by atoms with van der Waals surface area (Å²) in [5.41, 5.74) is 4.33. The second kappa shape index (κ2) is 7.06. The molecule has 142 valence electrons. The van der Waals surface area contributed by atoms with Gasteiger partial charge in [0.15, 0.2) is 5.75 Å². The van der Waals surface area contributed by atoms with Gasteiger partial charge in [0, 0.05) is 35.3 Å². The van der Waals surface area contributed by atoms with Crippen LogP contribution in [0.15, 0.2) is 30.5 Å². The Kier molecular flexibility index (Phi) is 4.57. The predicted octanol–water partition coefficient (Wildman–Crippen LogP) is 3.35. The van der Waals surface area contributed by atoms with Crippen LogP contribution in [0, 0.1) is 11.3 Å². The van der Waals surface area contributed by atoms with Crippen LogP contribution < -0.4 is 10.1 Å². The summed E-state index contributed by atoms with van der Waals surface area (Å²) in [6, 6.07) is 9.21. The highest BCUT2D eigenvalue weighted by Gasteiger charge is 2.30. The zero-order valence-electron chi connectivity index (χ0n) is 15.1. The van der Waals surface area contributed by atoms with E-state index in [4.69, 9.17) is 21.4 Å². The standard InChI is InChI=1S/C20H17ClN4O3/c1-28-19-15(21)4-5-23-16(19)10-25-17-3-2-11(9-22)6-13(17)14-7-12(8-18(14)25)24-20(26)27/h2-6,12,24H,7-8,10H2,1H3,(H,26,27). The normalized spacial score (nSPS) is 15.2. The van der Waals surface area contributed by atoms with Crippen molar-refractivity contribution in [2.45, 2.75) is 25.4 Å². The number of carboxylic acid groups (broad SMARTS) is 1. The summed E-state index contributed by atoms with van der Waals surface area (Å²) in [4.78, 5) is 15.5. The van der Waals surface area contributed by atoms with Crippen LogP contribution in [0.2, 0.25) is 5.02 Å². The van der Waals surface area contributed by atoms with E-state index < -0.39 is 6.09 Å². The molecule has 0 saturated carbocycles. The number of nitrogens with zero attached hydrogens (tertiary/aromatic N) is 3. The van der Waals surface area contributed by atoms with Crippen molar-refractivity contribution in [3.63, 3.8) is 0 Å². The van der Waals surface area contributed by atoms with Crippen LogP contribution in [0.1, 0.15) is 22.5 Å². The molecule has 3 aromatic rings. The van der Waals surface area contributed by atoms with Gasteiger partial charge in [0.1, 0.15) is 5.69 Å². The summed E-state index contributed by atoms with van der Waals surface area (Å²) in [6.45, 7) is 0.432. The van der Waals surface area contributed by atoms with Crippen LogP contribution in [0.3, 0.4) is 0 Å². The topological polar surface area (TPSA) is 100 Å². The van der Waals surface area contributed by atoms with E-state index in [-0.39, 0.29) is 6.04 Å².